The third-order valence-electron chi connectivity index (χ3n) is 3.35. The highest BCUT2D eigenvalue weighted by molar-refractivity contribution is 4.87. The predicted octanol–water partition coefficient (Wildman–Crippen LogP) is 0.635. The number of hydrogen-bond donors (Lipinski definition) is 1. The minimum absolute atomic E-state index is 0.586. The van der Waals surface area contributed by atoms with Gasteiger partial charge in [-0.25, -0.2) is 0 Å². The van der Waals surface area contributed by atoms with E-state index in [2.05, 4.69) is 34.3 Å². The first-order valence-corrected chi connectivity index (χ1v) is 6.43. The van der Waals surface area contributed by atoms with Crippen LogP contribution in [0.3, 0.4) is 0 Å². The summed E-state index contributed by atoms with van der Waals surface area (Å²) in [4.78, 5) is 2.47. The maximum atomic E-state index is 4.13. The van der Waals surface area contributed by atoms with Gasteiger partial charge in [-0.3, -0.25) is 4.90 Å². The second kappa shape index (κ2) is 5.60. The first-order valence-electron chi connectivity index (χ1n) is 6.43. The third-order valence-corrected chi connectivity index (χ3v) is 3.35. The molecule has 17 heavy (non-hydrogen) atoms. The molecule has 1 aliphatic heterocycles. The van der Waals surface area contributed by atoms with Gasteiger partial charge in [-0.2, -0.15) is 0 Å². The molecule has 2 rings (SSSR count). The highest BCUT2D eigenvalue weighted by atomic mass is 15.3. The van der Waals surface area contributed by atoms with Crippen LogP contribution in [-0.4, -0.2) is 45.3 Å². The number of aryl methyl sites for hydroxylation is 1. The lowest BCUT2D eigenvalue weighted by Crippen LogP contribution is -2.30. The van der Waals surface area contributed by atoms with E-state index >= 15 is 0 Å². The van der Waals surface area contributed by atoms with Gasteiger partial charge in [0.15, 0.2) is 0 Å². The lowest BCUT2D eigenvalue weighted by Gasteiger charge is -2.16. The molecule has 1 aromatic rings. The summed E-state index contributed by atoms with van der Waals surface area (Å²) < 4.78 is 2.00. The van der Waals surface area contributed by atoms with Gasteiger partial charge < -0.3 is 9.88 Å². The molecule has 0 spiro atoms. The summed E-state index contributed by atoms with van der Waals surface area (Å²) in [5, 5.41) is 11.6. The number of hydrogen-bond acceptors (Lipinski definition) is 4. The molecule has 0 bridgehead atoms. The molecule has 1 fully saturated rings. The number of nitrogens with zero attached hydrogens (tertiary/aromatic N) is 4. The molecular weight excluding hydrogens is 214 g/mol. The Kier molecular flexibility index (Phi) is 4.12. The zero-order valence-corrected chi connectivity index (χ0v) is 11.1. The van der Waals surface area contributed by atoms with Gasteiger partial charge in [0.25, 0.3) is 0 Å². The quantitative estimate of drug-likeness (QED) is 0.816. The van der Waals surface area contributed by atoms with Crippen molar-refractivity contribution >= 4 is 0 Å². The molecule has 1 aromatic heterocycles. The van der Waals surface area contributed by atoms with Crippen molar-refractivity contribution in [1.82, 2.24) is 25.0 Å². The van der Waals surface area contributed by atoms with E-state index in [9.17, 15) is 0 Å². The summed E-state index contributed by atoms with van der Waals surface area (Å²) in [6.45, 7) is 8.81. The van der Waals surface area contributed by atoms with Crippen LogP contribution in [0, 0.1) is 5.92 Å². The summed E-state index contributed by atoms with van der Waals surface area (Å²) in [7, 11) is 2.00. The van der Waals surface area contributed by atoms with Crippen LogP contribution in [0.4, 0.5) is 0 Å². The first kappa shape index (κ1) is 12.5. The SMILES string of the molecule is CC(C)NCC1CCN(Cc2nncn2C)C1. The summed E-state index contributed by atoms with van der Waals surface area (Å²) in [5.41, 5.74) is 0. The Labute approximate surface area is 103 Å². The van der Waals surface area contributed by atoms with Crippen LogP contribution < -0.4 is 5.32 Å². The van der Waals surface area contributed by atoms with E-state index in [-0.39, 0.29) is 0 Å². The van der Waals surface area contributed by atoms with Crippen molar-refractivity contribution in [1.29, 1.82) is 0 Å². The molecule has 5 nitrogen and oxygen atoms in total. The van der Waals surface area contributed by atoms with Crippen molar-refractivity contribution in [3.8, 4) is 0 Å². The Morgan fingerprint density at radius 2 is 2.35 bits per heavy atom. The fraction of sp³-hybridized carbons (Fsp3) is 0.833. The van der Waals surface area contributed by atoms with E-state index < -0.39 is 0 Å². The van der Waals surface area contributed by atoms with E-state index in [0.717, 1.165) is 24.8 Å². The molecule has 0 amide bonds. The first-order chi connectivity index (χ1) is 8.15. The smallest absolute Gasteiger partial charge is 0.146 e. The molecule has 0 radical (unpaired) electrons. The van der Waals surface area contributed by atoms with Crippen LogP contribution in [-0.2, 0) is 13.6 Å². The van der Waals surface area contributed by atoms with Gasteiger partial charge >= 0.3 is 0 Å². The predicted molar refractivity (Wildman–Crippen MR) is 67.5 cm³/mol. The number of nitrogens with one attached hydrogen (secondary N) is 1. The summed E-state index contributed by atoms with van der Waals surface area (Å²) in [5.74, 6) is 1.84. The van der Waals surface area contributed by atoms with Crippen molar-refractivity contribution < 1.29 is 0 Å². The van der Waals surface area contributed by atoms with Gasteiger partial charge in [0.1, 0.15) is 12.2 Å². The normalized spacial score (nSPS) is 21.5. The second-order valence-electron chi connectivity index (χ2n) is 5.31. The van der Waals surface area contributed by atoms with Crippen LogP contribution in [0.15, 0.2) is 6.33 Å². The van der Waals surface area contributed by atoms with Gasteiger partial charge in [-0.15, -0.1) is 10.2 Å². The van der Waals surface area contributed by atoms with Crippen molar-refractivity contribution in [2.75, 3.05) is 19.6 Å². The van der Waals surface area contributed by atoms with Gasteiger partial charge in [-0.05, 0) is 25.4 Å². The Bertz CT molecular complexity index is 346. The molecule has 0 saturated carbocycles. The number of rotatable bonds is 5. The summed E-state index contributed by atoms with van der Waals surface area (Å²) >= 11 is 0. The fourth-order valence-corrected chi connectivity index (χ4v) is 2.28. The molecule has 1 unspecified atom stereocenters. The topological polar surface area (TPSA) is 46.0 Å². The van der Waals surface area contributed by atoms with Gasteiger partial charge in [-0.1, -0.05) is 13.8 Å². The molecule has 0 aromatic carbocycles. The highest BCUT2D eigenvalue weighted by Gasteiger charge is 2.23. The van der Waals surface area contributed by atoms with Crippen LogP contribution in [0.5, 0.6) is 0 Å². The van der Waals surface area contributed by atoms with E-state index in [4.69, 9.17) is 0 Å². The fourth-order valence-electron chi connectivity index (χ4n) is 2.28. The summed E-state index contributed by atoms with van der Waals surface area (Å²) in [6, 6.07) is 0.586. The molecule has 0 aliphatic carbocycles. The molecule has 1 saturated heterocycles. The lowest BCUT2D eigenvalue weighted by molar-refractivity contribution is 0.301. The summed E-state index contributed by atoms with van der Waals surface area (Å²) in [6.07, 6.45) is 3.06. The van der Waals surface area contributed by atoms with Crippen LogP contribution in [0.25, 0.3) is 0 Å². The average Bonchev–Trinajstić information content (AvgIpc) is 2.87. The van der Waals surface area contributed by atoms with Gasteiger partial charge in [0.05, 0.1) is 6.54 Å². The van der Waals surface area contributed by atoms with E-state index in [0.29, 0.717) is 6.04 Å². The Morgan fingerprint density at radius 1 is 1.53 bits per heavy atom. The van der Waals surface area contributed by atoms with Crippen LogP contribution in [0.2, 0.25) is 0 Å². The van der Waals surface area contributed by atoms with E-state index in [1.165, 1.54) is 19.5 Å². The minimum atomic E-state index is 0.586. The zero-order valence-electron chi connectivity index (χ0n) is 11.1. The maximum Gasteiger partial charge on any atom is 0.146 e. The second-order valence-corrected chi connectivity index (χ2v) is 5.31. The van der Waals surface area contributed by atoms with Crippen LogP contribution in [0.1, 0.15) is 26.1 Å². The third kappa shape index (κ3) is 3.51. The number of likely N-dealkylation sites (tertiary alicyclic amines) is 1. The molecule has 2 heterocycles. The Hall–Kier alpha value is -0.940. The molecular formula is C12H23N5. The van der Waals surface area contributed by atoms with E-state index in [1.807, 2.05) is 11.6 Å². The zero-order chi connectivity index (χ0) is 12.3. The van der Waals surface area contributed by atoms with Crippen molar-refractivity contribution in [3.05, 3.63) is 12.2 Å². The maximum absolute atomic E-state index is 4.13. The Balaban J connectivity index is 1.76. The lowest BCUT2D eigenvalue weighted by atomic mass is 10.1. The molecule has 5 heteroatoms. The van der Waals surface area contributed by atoms with Crippen LogP contribution >= 0.6 is 0 Å². The van der Waals surface area contributed by atoms with Crippen molar-refractivity contribution in [3.63, 3.8) is 0 Å². The molecule has 1 aliphatic rings. The molecule has 1 N–H and O–H groups in total. The molecule has 96 valence electrons. The average molecular weight is 237 g/mol. The van der Waals surface area contributed by atoms with Crippen molar-refractivity contribution in [2.45, 2.75) is 32.9 Å². The van der Waals surface area contributed by atoms with E-state index in [1.54, 1.807) is 6.33 Å². The monoisotopic (exact) mass is 237 g/mol. The molecule has 1 atom stereocenters. The largest absolute Gasteiger partial charge is 0.320 e. The van der Waals surface area contributed by atoms with Gasteiger partial charge in [0, 0.05) is 19.6 Å². The Morgan fingerprint density at radius 3 is 3.00 bits per heavy atom. The number of aromatic nitrogens is 3. The van der Waals surface area contributed by atoms with Crippen molar-refractivity contribution in [2.24, 2.45) is 13.0 Å². The highest BCUT2D eigenvalue weighted by Crippen LogP contribution is 2.17. The standard InChI is InChI=1S/C12H23N5/c1-10(2)13-6-11-4-5-17(7-11)8-12-15-14-9-16(12)3/h9-11,13H,4-8H2,1-3H3. The minimum Gasteiger partial charge on any atom is -0.320 e. The van der Waals surface area contributed by atoms with Gasteiger partial charge in [0.2, 0.25) is 0 Å².